The molecular weight excluding hydrogens is 304 g/mol. The van der Waals surface area contributed by atoms with Crippen LogP contribution in [0.2, 0.25) is 0 Å². The topological polar surface area (TPSA) is 94.3 Å². The first-order valence-electron chi connectivity index (χ1n) is 7.36. The van der Waals surface area contributed by atoms with E-state index in [1.807, 2.05) is 6.07 Å². The predicted molar refractivity (Wildman–Crippen MR) is 91.6 cm³/mol. The third kappa shape index (κ3) is 4.78. The van der Waals surface area contributed by atoms with Crippen molar-refractivity contribution in [1.82, 2.24) is 5.43 Å². The quantitative estimate of drug-likeness (QED) is 0.655. The summed E-state index contributed by atoms with van der Waals surface area (Å²) in [4.78, 5) is 23.3. The third-order valence-electron chi connectivity index (χ3n) is 3.17. The molecule has 0 aliphatic rings. The molecule has 0 atom stereocenters. The monoisotopic (exact) mass is 320 g/mol. The van der Waals surface area contributed by atoms with Crippen molar-refractivity contribution in [2.24, 2.45) is 5.10 Å². The Labute approximate surface area is 139 Å². The highest BCUT2D eigenvalue weighted by Gasteiger charge is 2.05. The summed E-state index contributed by atoms with van der Waals surface area (Å²) in [5.41, 5.74) is 4.83. The maximum atomic E-state index is 12.0. The lowest BCUT2D eigenvalue weighted by atomic mass is 10.2. The maximum Gasteiger partial charge on any atom is 0.271 e. The van der Waals surface area contributed by atoms with Crippen LogP contribution < -0.4 is 10.7 Å². The Bertz CT molecular complexity index is 787. The first-order chi connectivity index (χ1) is 11.6. The molecule has 2 amide bonds. The smallest absolute Gasteiger partial charge is 0.271 e. The Balaban J connectivity index is 1.93. The SMILES string of the molecule is CCC(=O)Nc1ccc(C(=O)NN=Cc2ccc(C#N)cc2)cc1. The van der Waals surface area contributed by atoms with Gasteiger partial charge in [0.15, 0.2) is 0 Å². The molecule has 24 heavy (non-hydrogen) atoms. The molecule has 2 aromatic rings. The zero-order valence-electron chi connectivity index (χ0n) is 13.1. The summed E-state index contributed by atoms with van der Waals surface area (Å²) in [6.07, 6.45) is 1.89. The molecule has 6 nitrogen and oxygen atoms in total. The van der Waals surface area contributed by atoms with Crippen LogP contribution in [0.3, 0.4) is 0 Å². The van der Waals surface area contributed by atoms with E-state index < -0.39 is 0 Å². The number of rotatable bonds is 5. The van der Waals surface area contributed by atoms with E-state index >= 15 is 0 Å². The summed E-state index contributed by atoms with van der Waals surface area (Å²) in [6.45, 7) is 1.77. The molecule has 0 saturated carbocycles. The highest BCUT2D eigenvalue weighted by atomic mass is 16.2. The van der Waals surface area contributed by atoms with Gasteiger partial charge in [0.25, 0.3) is 5.91 Å². The van der Waals surface area contributed by atoms with E-state index in [1.165, 1.54) is 6.21 Å². The van der Waals surface area contributed by atoms with Crippen molar-refractivity contribution in [3.8, 4) is 6.07 Å². The number of nitriles is 1. The van der Waals surface area contributed by atoms with Crippen molar-refractivity contribution in [3.05, 3.63) is 65.2 Å². The van der Waals surface area contributed by atoms with Crippen molar-refractivity contribution < 1.29 is 9.59 Å². The van der Waals surface area contributed by atoms with Crippen molar-refractivity contribution >= 4 is 23.7 Å². The molecule has 2 aromatic carbocycles. The van der Waals surface area contributed by atoms with Crippen LogP contribution >= 0.6 is 0 Å². The van der Waals surface area contributed by atoms with Crippen LogP contribution in [0.4, 0.5) is 5.69 Å². The number of nitrogens with one attached hydrogen (secondary N) is 2. The minimum Gasteiger partial charge on any atom is -0.326 e. The van der Waals surface area contributed by atoms with Gasteiger partial charge in [-0.25, -0.2) is 5.43 Å². The molecule has 0 fully saturated rings. The molecule has 0 radical (unpaired) electrons. The van der Waals surface area contributed by atoms with Crippen LogP contribution in [0.5, 0.6) is 0 Å². The number of anilines is 1. The second kappa shape index (κ2) is 8.25. The highest BCUT2D eigenvalue weighted by molar-refractivity contribution is 5.96. The van der Waals surface area contributed by atoms with Crippen LogP contribution in [-0.4, -0.2) is 18.0 Å². The summed E-state index contributed by atoms with van der Waals surface area (Å²) in [6, 6.07) is 15.4. The van der Waals surface area contributed by atoms with Crippen LogP contribution in [0.1, 0.15) is 34.8 Å². The van der Waals surface area contributed by atoms with E-state index in [4.69, 9.17) is 5.26 Å². The lowest BCUT2D eigenvalue weighted by molar-refractivity contribution is -0.115. The second-order valence-corrected chi connectivity index (χ2v) is 4.91. The number of nitrogens with zero attached hydrogens (tertiary/aromatic N) is 2. The van der Waals surface area contributed by atoms with E-state index in [-0.39, 0.29) is 11.8 Å². The Morgan fingerprint density at radius 1 is 1.12 bits per heavy atom. The number of hydrogen-bond acceptors (Lipinski definition) is 4. The van der Waals surface area contributed by atoms with Gasteiger partial charge in [-0.3, -0.25) is 9.59 Å². The second-order valence-electron chi connectivity index (χ2n) is 4.91. The van der Waals surface area contributed by atoms with Crippen LogP contribution in [0.15, 0.2) is 53.6 Å². The van der Waals surface area contributed by atoms with E-state index in [1.54, 1.807) is 55.5 Å². The van der Waals surface area contributed by atoms with Crippen LogP contribution in [0, 0.1) is 11.3 Å². The summed E-state index contributed by atoms with van der Waals surface area (Å²) in [5, 5.41) is 15.3. The third-order valence-corrected chi connectivity index (χ3v) is 3.17. The molecule has 0 saturated heterocycles. The Hall–Kier alpha value is -3.46. The average molecular weight is 320 g/mol. The van der Waals surface area contributed by atoms with Gasteiger partial charge in [0.1, 0.15) is 0 Å². The van der Waals surface area contributed by atoms with Gasteiger partial charge in [0.05, 0.1) is 17.8 Å². The number of carbonyl (C=O) groups excluding carboxylic acids is 2. The van der Waals surface area contributed by atoms with Gasteiger partial charge in [-0.15, -0.1) is 0 Å². The summed E-state index contributed by atoms with van der Waals surface area (Å²) >= 11 is 0. The zero-order valence-corrected chi connectivity index (χ0v) is 13.1. The molecule has 2 N–H and O–H groups in total. The van der Waals surface area contributed by atoms with Gasteiger partial charge < -0.3 is 5.32 Å². The lowest BCUT2D eigenvalue weighted by Gasteiger charge is -2.04. The molecule has 0 spiro atoms. The first-order valence-corrected chi connectivity index (χ1v) is 7.36. The largest absolute Gasteiger partial charge is 0.326 e. The lowest BCUT2D eigenvalue weighted by Crippen LogP contribution is -2.17. The average Bonchev–Trinajstić information content (AvgIpc) is 2.62. The maximum absolute atomic E-state index is 12.0. The minimum atomic E-state index is -0.353. The molecule has 0 heterocycles. The molecule has 6 heteroatoms. The van der Waals surface area contributed by atoms with Gasteiger partial charge >= 0.3 is 0 Å². The highest BCUT2D eigenvalue weighted by Crippen LogP contribution is 2.10. The van der Waals surface area contributed by atoms with E-state index in [2.05, 4.69) is 15.8 Å². The minimum absolute atomic E-state index is 0.0841. The Morgan fingerprint density at radius 3 is 2.38 bits per heavy atom. The van der Waals surface area contributed by atoms with Crippen molar-refractivity contribution in [2.75, 3.05) is 5.32 Å². The number of hydrazone groups is 1. The number of benzene rings is 2. The predicted octanol–water partition coefficient (Wildman–Crippen LogP) is 2.67. The Kier molecular flexibility index (Phi) is 5.81. The number of carbonyl (C=O) groups is 2. The number of hydrogen-bond donors (Lipinski definition) is 2. The molecule has 0 aliphatic heterocycles. The molecule has 0 aliphatic carbocycles. The van der Waals surface area contributed by atoms with Crippen molar-refractivity contribution in [2.45, 2.75) is 13.3 Å². The van der Waals surface area contributed by atoms with Gasteiger partial charge in [-0.2, -0.15) is 10.4 Å². The normalized spacial score (nSPS) is 10.2. The molecule has 0 bridgehead atoms. The molecule has 2 rings (SSSR count). The van der Waals surface area contributed by atoms with Crippen molar-refractivity contribution in [3.63, 3.8) is 0 Å². The van der Waals surface area contributed by atoms with Crippen molar-refractivity contribution in [1.29, 1.82) is 5.26 Å². The summed E-state index contributed by atoms with van der Waals surface area (Å²) < 4.78 is 0. The fourth-order valence-corrected chi connectivity index (χ4v) is 1.83. The molecule has 120 valence electrons. The zero-order chi connectivity index (χ0) is 17.4. The summed E-state index contributed by atoms with van der Waals surface area (Å²) in [5.74, 6) is -0.438. The van der Waals surface area contributed by atoms with E-state index in [9.17, 15) is 9.59 Å². The van der Waals surface area contributed by atoms with E-state index in [0.29, 0.717) is 23.2 Å². The van der Waals surface area contributed by atoms with Crippen LogP contribution in [-0.2, 0) is 4.79 Å². The van der Waals surface area contributed by atoms with Gasteiger partial charge in [-0.05, 0) is 42.0 Å². The van der Waals surface area contributed by atoms with Gasteiger partial charge in [-0.1, -0.05) is 19.1 Å². The van der Waals surface area contributed by atoms with E-state index in [0.717, 1.165) is 5.56 Å². The van der Waals surface area contributed by atoms with Gasteiger partial charge in [0.2, 0.25) is 5.91 Å². The fourth-order valence-electron chi connectivity index (χ4n) is 1.83. The first kappa shape index (κ1) is 16.9. The number of amides is 2. The standard InChI is InChI=1S/C18H16N4O2/c1-2-17(23)21-16-9-7-15(8-10-16)18(24)22-20-12-14-5-3-13(11-19)4-6-14/h3-10,12H,2H2,1H3,(H,21,23)(H,22,24). The van der Waals surface area contributed by atoms with Crippen LogP contribution in [0.25, 0.3) is 0 Å². The molecule has 0 aromatic heterocycles. The summed E-state index contributed by atoms with van der Waals surface area (Å²) in [7, 11) is 0. The van der Waals surface area contributed by atoms with Gasteiger partial charge in [0, 0.05) is 17.7 Å². The molecular formula is C18H16N4O2. The fraction of sp³-hybridized carbons (Fsp3) is 0.111. The Morgan fingerprint density at radius 2 is 1.79 bits per heavy atom. The molecule has 0 unspecified atom stereocenters.